The molecule has 1 amide bonds. The van der Waals surface area contributed by atoms with Gasteiger partial charge in [0.1, 0.15) is 0 Å². The van der Waals surface area contributed by atoms with Crippen molar-refractivity contribution >= 4 is 35.0 Å². The molecule has 8 heteroatoms. The van der Waals surface area contributed by atoms with Crippen LogP contribution in [0.3, 0.4) is 0 Å². The number of thioether (sulfide) groups is 1. The van der Waals surface area contributed by atoms with Gasteiger partial charge in [0, 0.05) is 36.7 Å². The van der Waals surface area contributed by atoms with Crippen molar-refractivity contribution in [3.05, 3.63) is 11.1 Å². The number of likely N-dealkylation sites (tertiary alicyclic amines) is 1. The van der Waals surface area contributed by atoms with Crippen molar-refractivity contribution < 1.29 is 14.7 Å². The van der Waals surface area contributed by atoms with Gasteiger partial charge in [-0.05, 0) is 19.3 Å². The molecule has 1 aliphatic carbocycles. The molecule has 0 bridgehead atoms. The van der Waals surface area contributed by atoms with E-state index in [0.717, 1.165) is 43.0 Å². The molecule has 0 aromatic carbocycles. The normalized spacial score (nSPS) is 22.0. The summed E-state index contributed by atoms with van der Waals surface area (Å²) in [6, 6.07) is 0.177. The molecule has 1 aromatic heterocycles. The van der Waals surface area contributed by atoms with E-state index in [4.69, 9.17) is 11.5 Å². The van der Waals surface area contributed by atoms with E-state index in [2.05, 4.69) is 16.2 Å². The van der Waals surface area contributed by atoms with Crippen LogP contribution in [0, 0.1) is 12.3 Å². The molecule has 2 fully saturated rings. The zero-order valence-electron chi connectivity index (χ0n) is 15.3. The number of aromatic carboxylic acids is 1. The van der Waals surface area contributed by atoms with Gasteiger partial charge in [-0.3, -0.25) is 10.1 Å². The Labute approximate surface area is 168 Å². The average molecular weight is 408 g/mol. The van der Waals surface area contributed by atoms with Crippen molar-refractivity contribution in [1.29, 1.82) is 0 Å². The highest BCUT2D eigenvalue weighted by Gasteiger charge is 2.34. The van der Waals surface area contributed by atoms with Crippen LogP contribution in [0.4, 0.5) is 0 Å². The first kappa shape index (κ1) is 20.2. The Bertz CT molecular complexity index is 722. The minimum atomic E-state index is -1.01. The molecule has 1 aromatic rings. The second-order valence-corrected chi connectivity index (χ2v) is 9.30. The van der Waals surface area contributed by atoms with E-state index >= 15 is 0 Å². The molecule has 1 saturated heterocycles. The number of carboxylic acid groups (broad SMARTS) is 1. The van der Waals surface area contributed by atoms with Crippen LogP contribution < -0.4 is 5.32 Å². The third-order valence-electron chi connectivity index (χ3n) is 5.37. The summed E-state index contributed by atoms with van der Waals surface area (Å²) < 4.78 is 0.724. The highest BCUT2D eigenvalue weighted by atomic mass is 32.2. The number of carboxylic acids is 1. The second-order valence-electron chi connectivity index (χ2n) is 7.10. The summed E-state index contributed by atoms with van der Waals surface area (Å²) in [6.07, 6.45) is 12.8. The third kappa shape index (κ3) is 5.03. The smallest absolute Gasteiger partial charge is 0.355 e. The Morgan fingerprint density at radius 2 is 2.26 bits per heavy atom. The molecule has 0 spiro atoms. The summed E-state index contributed by atoms with van der Waals surface area (Å²) in [5.74, 6) is 2.85. The molecule has 2 heterocycles. The number of rotatable bonds is 8. The minimum Gasteiger partial charge on any atom is -0.476 e. The number of nitrogens with one attached hydrogen (secondary N) is 1. The lowest BCUT2D eigenvalue weighted by atomic mass is 9.82. The van der Waals surface area contributed by atoms with E-state index < -0.39 is 5.97 Å². The fraction of sp³-hybridized carbons (Fsp3) is 0.632. The van der Waals surface area contributed by atoms with E-state index in [9.17, 15) is 9.59 Å². The maximum absolute atomic E-state index is 12.3. The first-order chi connectivity index (χ1) is 13.0. The summed E-state index contributed by atoms with van der Waals surface area (Å²) >= 11 is 2.82. The SMILES string of the molecule is C#CC1(NC[C@H]2CCC(=O)N2CCSc2nc(C(=O)O)cs2)CCCCC1. The van der Waals surface area contributed by atoms with Crippen LogP contribution >= 0.6 is 23.1 Å². The first-order valence-electron chi connectivity index (χ1n) is 9.37. The lowest BCUT2D eigenvalue weighted by molar-refractivity contribution is -0.128. The number of amides is 1. The molecule has 6 nitrogen and oxygen atoms in total. The fourth-order valence-corrected chi connectivity index (χ4v) is 5.62. The minimum absolute atomic E-state index is 0.0777. The lowest BCUT2D eigenvalue weighted by Crippen LogP contribution is -2.51. The highest BCUT2D eigenvalue weighted by molar-refractivity contribution is 8.01. The van der Waals surface area contributed by atoms with E-state index in [-0.39, 0.29) is 23.2 Å². The number of carbonyl (C=O) groups excluding carboxylic acids is 1. The van der Waals surface area contributed by atoms with Gasteiger partial charge in [-0.15, -0.1) is 17.8 Å². The van der Waals surface area contributed by atoms with Gasteiger partial charge in [-0.25, -0.2) is 9.78 Å². The third-order valence-corrected chi connectivity index (χ3v) is 7.37. The van der Waals surface area contributed by atoms with Crippen LogP contribution in [-0.4, -0.2) is 57.3 Å². The van der Waals surface area contributed by atoms with Gasteiger partial charge in [0.15, 0.2) is 10.0 Å². The van der Waals surface area contributed by atoms with Crippen LogP contribution in [0.1, 0.15) is 55.4 Å². The summed E-state index contributed by atoms with van der Waals surface area (Å²) in [4.78, 5) is 29.2. The number of carbonyl (C=O) groups is 2. The van der Waals surface area contributed by atoms with Crippen LogP contribution in [-0.2, 0) is 4.79 Å². The standard InChI is InChI=1S/C19H25N3O3S2/c1-2-19(8-4-3-5-9-19)20-12-14-6-7-16(23)22(14)10-11-26-18-21-15(13-27-18)17(24)25/h1,13-14,20H,3-12H2,(H,24,25)/t14-/m1/s1. The van der Waals surface area contributed by atoms with Gasteiger partial charge in [0.2, 0.25) is 5.91 Å². The van der Waals surface area contributed by atoms with Gasteiger partial charge in [-0.2, -0.15) is 0 Å². The molecule has 0 unspecified atom stereocenters. The summed E-state index contributed by atoms with van der Waals surface area (Å²) in [6.45, 7) is 1.38. The maximum atomic E-state index is 12.3. The predicted molar refractivity (Wildman–Crippen MR) is 107 cm³/mol. The molecular weight excluding hydrogens is 382 g/mol. The molecule has 27 heavy (non-hydrogen) atoms. The van der Waals surface area contributed by atoms with Crippen molar-refractivity contribution in [2.45, 2.75) is 60.9 Å². The van der Waals surface area contributed by atoms with E-state index in [1.807, 2.05) is 4.90 Å². The summed E-state index contributed by atoms with van der Waals surface area (Å²) in [7, 11) is 0. The zero-order chi connectivity index (χ0) is 19.3. The van der Waals surface area contributed by atoms with Crippen molar-refractivity contribution in [3.63, 3.8) is 0 Å². The predicted octanol–water partition coefficient (Wildman–Crippen LogP) is 2.85. The Morgan fingerprint density at radius 1 is 1.48 bits per heavy atom. The lowest BCUT2D eigenvalue weighted by Gasteiger charge is -2.36. The number of hydrogen-bond acceptors (Lipinski definition) is 6. The molecular formula is C19H25N3O3S2. The van der Waals surface area contributed by atoms with E-state index in [0.29, 0.717) is 18.7 Å². The molecule has 1 atom stereocenters. The molecule has 3 rings (SSSR count). The first-order valence-corrected chi connectivity index (χ1v) is 11.2. The number of thiazole rings is 1. The quantitative estimate of drug-likeness (QED) is 0.509. The van der Waals surface area contributed by atoms with Crippen LogP contribution in [0.5, 0.6) is 0 Å². The van der Waals surface area contributed by atoms with Crippen molar-refractivity contribution in [2.75, 3.05) is 18.8 Å². The highest BCUT2D eigenvalue weighted by Crippen LogP contribution is 2.29. The van der Waals surface area contributed by atoms with Gasteiger partial charge >= 0.3 is 5.97 Å². The number of nitrogens with zero attached hydrogens (tertiary/aromatic N) is 2. The van der Waals surface area contributed by atoms with Gasteiger partial charge in [-0.1, -0.05) is 36.9 Å². The maximum Gasteiger partial charge on any atom is 0.355 e. The summed E-state index contributed by atoms with van der Waals surface area (Å²) in [5, 5.41) is 14.1. The molecule has 1 aliphatic heterocycles. The van der Waals surface area contributed by atoms with Crippen LogP contribution in [0.15, 0.2) is 9.72 Å². The molecule has 0 radical (unpaired) electrons. The van der Waals surface area contributed by atoms with Crippen molar-refractivity contribution in [1.82, 2.24) is 15.2 Å². The van der Waals surface area contributed by atoms with Crippen molar-refractivity contribution in [3.8, 4) is 12.3 Å². The van der Waals surface area contributed by atoms with Gasteiger partial charge in [0.05, 0.1) is 5.54 Å². The van der Waals surface area contributed by atoms with E-state index in [1.165, 1.54) is 29.5 Å². The average Bonchev–Trinajstić information content (AvgIpc) is 3.29. The largest absolute Gasteiger partial charge is 0.476 e. The zero-order valence-corrected chi connectivity index (χ0v) is 16.9. The number of aromatic nitrogens is 1. The number of hydrogen-bond donors (Lipinski definition) is 2. The van der Waals surface area contributed by atoms with Gasteiger partial charge in [0.25, 0.3) is 0 Å². The molecule has 2 aliphatic rings. The molecule has 146 valence electrons. The monoisotopic (exact) mass is 407 g/mol. The van der Waals surface area contributed by atoms with Crippen molar-refractivity contribution in [2.24, 2.45) is 0 Å². The Hall–Kier alpha value is -1.56. The Morgan fingerprint density at radius 3 is 2.93 bits per heavy atom. The second kappa shape index (κ2) is 9.09. The topological polar surface area (TPSA) is 82.5 Å². The Balaban J connectivity index is 1.50. The fourth-order valence-electron chi connectivity index (χ4n) is 3.81. The molecule has 1 saturated carbocycles. The Kier molecular flexibility index (Phi) is 6.79. The number of terminal acetylenes is 1. The molecule has 2 N–H and O–H groups in total. The van der Waals surface area contributed by atoms with Crippen LogP contribution in [0.2, 0.25) is 0 Å². The summed E-state index contributed by atoms with van der Waals surface area (Å²) in [5.41, 5.74) is -0.132. The van der Waals surface area contributed by atoms with Crippen LogP contribution in [0.25, 0.3) is 0 Å². The van der Waals surface area contributed by atoms with E-state index in [1.54, 1.807) is 5.38 Å². The van der Waals surface area contributed by atoms with Gasteiger partial charge < -0.3 is 10.0 Å².